The van der Waals surface area contributed by atoms with Gasteiger partial charge < -0.3 is 19.0 Å². The molecule has 0 aliphatic carbocycles. The summed E-state index contributed by atoms with van der Waals surface area (Å²) in [6.45, 7) is 11.7. The number of pyridine rings is 1. The zero-order valence-electron chi connectivity index (χ0n) is 15.0. The van der Waals surface area contributed by atoms with E-state index in [1.807, 2.05) is 46.8 Å². The number of anilines is 1. The lowest BCUT2D eigenvalue weighted by atomic mass is 10.1. The van der Waals surface area contributed by atoms with Gasteiger partial charge in [0, 0.05) is 31.9 Å². The number of piperazine rings is 1. The minimum absolute atomic E-state index is 0.0543. The smallest absolute Gasteiger partial charge is 0.410 e. The van der Waals surface area contributed by atoms with Crippen molar-refractivity contribution in [3.8, 4) is 0 Å². The van der Waals surface area contributed by atoms with Gasteiger partial charge in [0.2, 0.25) is 0 Å². The lowest BCUT2D eigenvalue weighted by Gasteiger charge is -2.40. The summed E-state index contributed by atoms with van der Waals surface area (Å²) in [5.74, 6) is 1.79. The van der Waals surface area contributed by atoms with Crippen molar-refractivity contribution in [1.29, 1.82) is 0 Å². The molecule has 0 bridgehead atoms. The van der Waals surface area contributed by atoms with Gasteiger partial charge in [0.05, 0.1) is 5.39 Å². The third-order valence-corrected chi connectivity index (χ3v) is 4.10. The highest BCUT2D eigenvalue weighted by Gasteiger charge is 2.31. The Labute approximate surface area is 142 Å². The second kappa shape index (κ2) is 6.00. The van der Waals surface area contributed by atoms with Crippen LogP contribution in [-0.2, 0) is 4.74 Å². The average molecular weight is 331 g/mol. The van der Waals surface area contributed by atoms with E-state index in [2.05, 4.69) is 9.88 Å². The second-order valence-corrected chi connectivity index (χ2v) is 7.37. The number of hydrogen-bond acceptors (Lipinski definition) is 5. The van der Waals surface area contributed by atoms with Crippen LogP contribution in [0.3, 0.4) is 0 Å². The van der Waals surface area contributed by atoms with E-state index >= 15 is 0 Å². The Morgan fingerprint density at radius 1 is 1.38 bits per heavy atom. The van der Waals surface area contributed by atoms with Gasteiger partial charge in [-0.15, -0.1) is 0 Å². The second-order valence-electron chi connectivity index (χ2n) is 7.37. The molecule has 0 radical (unpaired) electrons. The first kappa shape index (κ1) is 16.6. The predicted octanol–water partition coefficient (Wildman–Crippen LogP) is 3.58. The van der Waals surface area contributed by atoms with Gasteiger partial charge in [-0.3, -0.25) is 0 Å². The van der Waals surface area contributed by atoms with Crippen LogP contribution in [0.15, 0.2) is 22.7 Å². The molecule has 6 nitrogen and oxygen atoms in total. The van der Waals surface area contributed by atoms with Gasteiger partial charge in [0.25, 0.3) is 0 Å². The van der Waals surface area contributed by atoms with E-state index in [4.69, 9.17) is 9.15 Å². The van der Waals surface area contributed by atoms with Crippen molar-refractivity contribution in [2.75, 3.05) is 24.5 Å². The molecule has 0 spiro atoms. The van der Waals surface area contributed by atoms with Crippen molar-refractivity contribution in [2.45, 2.75) is 46.3 Å². The number of nitrogens with zero attached hydrogens (tertiary/aromatic N) is 3. The number of carbonyl (C=O) groups is 1. The first-order chi connectivity index (χ1) is 11.2. The zero-order chi connectivity index (χ0) is 17.5. The number of fused-ring (bicyclic) bond motifs is 1. The van der Waals surface area contributed by atoms with E-state index in [9.17, 15) is 4.79 Å². The molecule has 1 aliphatic rings. The summed E-state index contributed by atoms with van der Waals surface area (Å²) in [4.78, 5) is 20.9. The maximum absolute atomic E-state index is 12.3. The fraction of sp³-hybridized carbons (Fsp3) is 0.556. The van der Waals surface area contributed by atoms with Gasteiger partial charge in [-0.05, 0) is 46.8 Å². The quantitative estimate of drug-likeness (QED) is 0.799. The molecule has 1 atom stereocenters. The summed E-state index contributed by atoms with van der Waals surface area (Å²) >= 11 is 0. The summed E-state index contributed by atoms with van der Waals surface area (Å²) < 4.78 is 11.2. The van der Waals surface area contributed by atoms with E-state index in [0.29, 0.717) is 6.54 Å². The van der Waals surface area contributed by atoms with Crippen LogP contribution < -0.4 is 4.90 Å². The number of amides is 1. The van der Waals surface area contributed by atoms with Crippen LogP contribution in [0.25, 0.3) is 11.0 Å². The van der Waals surface area contributed by atoms with E-state index in [-0.39, 0.29) is 12.1 Å². The molecule has 0 N–H and O–H groups in total. The normalized spacial score (nSPS) is 19.0. The largest absolute Gasteiger partial charge is 0.461 e. The third kappa shape index (κ3) is 3.32. The van der Waals surface area contributed by atoms with Crippen LogP contribution in [0, 0.1) is 6.92 Å². The fourth-order valence-electron chi connectivity index (χ4n) is 3.07. The Balaban J connectivity index is 1.76. The monoisotopic (exact) mass is 331 g/mol. The van der Waals surface area contributed by atoms with Crippen LogP contribution in [0.4, 0.5) is 10.6 Å². The van der Waals surface area contributed by atoms with Crippen LogP contribution in [-0.4, -0.2) is 47.3 Å². The molecule has 2 aromatic heterocycles. The van der Waals surface area contributed by atoms with Gasteiger partial charge in [0.15, 0.2) is 0 Å². The molecule has 2 aromatic rings. The Kier molecular flexibility index (Phi) is 4.15. The van der Waals surface area contributed by atoms with Crippen molar-refractivity contribution in [2.24, 2.45) is 0 Å². The SMILES string of the molecule is Cc1cc2c(N3CCN(C(=O)OC(C)(C)C)[C@H](C)C3)nccc2o1. The Hall–Kier alpha value is -2.24. The van der Waals surface area contributed by atoms with Gasteiger partial charge in [-0.1, -0.05) is 0 Å². The number of furan rings is 1. The minimum atomic E-state index is -0.477. The molecule has 3 heterocycles. The number of hydrogen-bond donors (Lipinski definition) is 0. The number of carbonyl (C=O) groups excluding carboxylic acids is 1. The first-order valence-electron chi connectivity index (χ1n) is 8.34. The summed E-state index contributed by atoms with van der Waals surface area (Å²) in [7, 11) is 0. The Morgan fingerprint density at radius 3 is 2.79 bits per heavy atom. The molecule has 1 amide bonds. The highest BCUT2D eigenvalue weighted by atomic mass is 16.6. The van der Waals surface area contributed by atoms with Crippen LogP contribution >= 0.6 is 0 Å². The summed E-state index contributed by atoms with van der Waals surface area (Å²) in [5.41, 5.74) is 0.370. The van der Waals surface area contributed by atoms with E-state index in [1.165, 1.54) is 0 Å². The van der Waals surface area contributed by atoms with Gasteiger partial charge in [-0.25, -0.2) is 9.78 Å². The Morgan fingerprint density at radius 2 is 2.12 bits per heavy atom. The van der Waals surface area contributed by atoms with Crippen molar-refractivity contribution < 1.29 is 13.9 Å². The molecular weight excluding hydrogens is 306 g/mol. The molecule has 0 aromatic carbocycles. The van der Waals surface area contributed by atoms with Crippen LogP contribution in [0.2, 0.25) is 0 Å². The highest BCUT2D eigenvalue weighted by molar-refractivity contribution is 5.89. The lowest BCUT2D eigenvalue weighted by Crippen LogP contribution is -2.55. The van der Waals surface area contributed by atoms with Crippen molar-refractivity contribution in [1.82, 2.24) is 9.88 Å². The maximum Gasteiger partial charge on any atom is 0.410 e. The molecule has 24 heavy (non-hydrogen) atoms. The van der Waals surface area contributed by atoms with Crippen molar-refractivity contribution in [3.05, 3.63) is 24.1 Å². The molecule has 6 heteroatoms. The number of rotatable bonds is 1. The topological polar surface area (TPSA) is 58.8 Å². The highest BCUT2D eigenvalue weighted by Crippen LogP contribution is 2.29. The van der Waals surface area contributed by atoms with Gasteiger partial charge in [0.1, 0.15) is 22.8 Å². The minimum Gasteiger partial charge on any atom is -0.461 e. The average Bonchev–Trinajstić information content (AvgIpc) is 2.85. The first-order valence-corrected chi connectivity index (χ1v) is 8.34. The molecule has 1 fully saturated rings. The van der Waals surface area contributed by atoms with Crippen molar-refractivity contribution >= 4 is 22.9 Å². The molecule has 1 saturated heterocycles. The third-order valence-electron chi connectivity index (χ3n) is 4.10. The summed E-state index contributed by atoms with van der Waals surface area (Å²) in [5, 5.41) is 1.02. The fourth-order valence-corrected chi connectivity index (χ4v) is 3.07. The van der Waals surface area contributed by atoms with Crippen LogP contribution in [0.5, 0.6) is 0 Å². The summed E-state index contributed by atoms with van der Waals surface area (Å²) in [6, 6.07) is 3.95. The molecule has 130 valence electrons. The molecule has 3 rings (SSSR count). The van der Waals surface area contributed by atoms with E-state index in [0.717, 1.165) is 35.6 Å². The molecule has 1 aliphatic heterocycles. The van der Waals surface area contributed by atoms with Crippen LogP contribution in [0.1, 0.15) is 33.5 Å². The van der Waals surface area contributed by atoms with Gasteiger partial charge >= 0.3 is 6.09 Å². The predicted molar refractivity (Wildman–Crippen MR) is 93.4 cm³/mol. The standard InChI is InChI=1S/C18H25N3O3/c1-12-11-20(8-9-21(12)17(22)24-18(3,4)5)16-14-10-13(2)23-15(14)6-7-19-16/h6-7,10,12H,8-9,11H2,1-5H3/t12-/m1/s1. The number of aromatic nitrogens is 1. The maximum atomic E-state index is 12.3. The van der Waals surface area contributed by atoms with Gasteiger partial charge in [-0.2, -0.15) is 0 Å². The number of aryl methyl sites for hydroxylation is 1. The lowest BCUT2D eigenvalue weighted by molar-refractivity contribution is 0.0159. The molecule has 0 unspecified atom stereocenters. The number of ether oxygens (including phenoxy) is 1. The Bertz CT molecular complexity index is 748. The van der Waals surface area contributed by atoms with E-state index < -0.39 is 5.60 Å². The molecular formula is C18H25N3O3. The summed E-state index contributed by atoms with van der Waals surface area (Å²) in [6.07, 6.45) is 1.52. The van der Waals surface area contributed by atoms with Crippen molar-refractivity contribution in [3.63, 3.8) is 0 Å². The molecule has 0 saturated carbocycles. The zero-order valence-corrected chi connectivity index (χ0v) is 15.0. The van der Waals surface area contributed by atoms with E-state index in [1.54, 1.807) is 11.1 Å².